The summed E-state index contributed by atoms with van der Waals surface area (Å²) in [5.74, 6) is 1.80. The number of carbonyl (C=O) groups is 1. The van der Waals surface area contributed by atoms with Crippen LogP contribution in [0.15, 0.2) is 29.3 Å². The Morgan fingerprint density at radius 3 is 2.55 bits per heavy atom. The highest BCUT2D eigenvalue weighted by Crippen LogP contribution is 2.15. The predicted octanol–water partition coefficient (Wildman–Crippen LogP) is 2.56. The monoisotopic (exact) mass is 533 g/mol. The second-order valence-corrected chi connectivity index (χ2v) is 8.22. The van der Waals surface area contributed by atoms with Crippen LogP contribution in [-0.2, 0) is 11.2 Å². The van der Waals surface area contributed by atoms with Crippen molar-refractivity contribution in [1.82, 2.24) is 20.0 Å². The van der Waals surface area contributed by atoms with Crippen LogP contribution in [0.25, 0.3) is 0 Å². The van der Waals surface area contributed by atoms with Crippen molar-refractivity contribution >= 4 is 47.4 Å². The Bertz CT molecular complexity index is 693. The first-order valence-electron chi connectivity index (χ1n) is 10.3. The summed E-state index contributed by atoms with van der Waals surface area (Å²) in [5, 5.41) is 4.10. The third kappa shape index (κ3) is 7.29. The third-order valence-corrected chi connectivity index (χ3v) is 5.73. The fraction of sp³-hybridized carbons (Fsp3) is 0.619. The van der Waals surface area contributed by atoms with Crippen LogP contribution in [0.2, 0.25) is 5.02 Å². The Morgan fingerprint density at radius 2 is 1.93 bits per heavy atom. The van der Waals surface area contributed by atoms with Crippen molar-refractivity contribution in [2.24, 2.45) is 10.9 Å². The zero-order chi connectivity index (χ0) is 19.9. The van der Waals surface area contributed by atoms with Crippen LogP contribution >= 0.6 is 35.6 Å². The fourth-order valence-electron chi connectivity index (χ4n) is 3.92. The normalized spacial score (nSPS) is 20.5. The summed E-state index contributed by atoms with van der Waals surface area (Å²) in [5.41, 5.74) is 0.969. The first kappa shape index (κ1) is 24.2. The molecule has 2 aliphatic rings. The van der Waals surface area contributed by atoms with Gasteiger partial charge in [-0.25, -0.2) is 0 Å². The highest BCUT2D eigenvalue weighted by Gasteiger charge is 2.24. The number of aliphatic imine (C=N–C) groups is 1. The summed E-state index contributed by atoms with van der Waals surface area (Å²) in [6, 6.07) is 7.55. The molecule has 2 fully saturated rings. The molecule has 0 aromatic heterocycles. The van der Waals surface area contributed by atoms with Gasteiger partial charge in [0.2, 0.25) is 5.91 Å². The molecule has 1 unspecified atom stereocenters. The van der Waals surface area contributed by atoms with Gasteiger partial charge < -0.3 is 20.0 Å². The number of carbonyl (C=O) groups excluding carboxylic acids is 1. The summed E-state index contributed by atoms with van der Waals surface area (Å²) in [4.78, 5) is 24.1. The van der Waals surface area contributed by atoms with E-state index in [0.29, 0.717) is 17.4 Å². The minimum Gasteiger partial charge on any atom is -0.357 e. The van der Waals surface area contributed by atoms with Crippen molar-refractivity contribution in [1.29, 1.82) is 0 Å². The number of piperazine rings is 1. The number of halogens is 2. The van der Waals surface area contributed by atoms with Gasteiger partial charge in [-0.15, -0.1) is 24.0 Å². The van der Waals surface area contributed by atoms with E-state index >= 15 is 0 Å². The molecule has 0 saturated carbocycles. The first-order chi connectivity index (χ1) is 13.5. The van der Waals surface area contributed by atoms with Crippen molar-refractivity contribution in [3.8, 4) is 0 Å². The molecule has 1 atom stereocenters. The molecule has 6 nitrogen and oxygen atoms in total. The number of nitrogens with one attached hydrogen (secondary N) is 1. The average Bonchev–Trinajstić information content (AvgIpc) is 3.10. The lowest BCUT2D eigenvalue weighted by Gasteiger charge is -2.36. The lowest BCUT2D eigenvalue weighted by molar-refractivity contribution is -0.131. The van der Waals surface area contributed by atoms with Gasteiger partial charge in [0.15, 0.2) is 5.96 Å². The van der Waals surface area contributed by atoms with Crippen molar-refractivity contribution < 1.29 is 4.79 Å². The largest absolute Gasteiger partial charge is 0.357 e. The molecule has 29 heavy (non-hydrogen) atoms. The number of amides is 1. The number of rotatable bonds is 5. The quantitative estimate of drug-likeness (QED) is 0.359. The summed E-state index contributed by atoms with van der Waals surface area (Å²) >= 11 is 6.03. The number of hydrogen-bond acceptors (Lipinski definition) is 3. The van der Waals surface area contributed by atoms with Gasteiger partial charge in [0.1, 0.15) is 0 Å². The molecule has 0 aliphatic carbocycles. The van der Waals surface area contributed by atoms with E-state index in [1.54, 1.807) is 0 Å². The number of guanidine groups is 1. The van der Waals surface area contributed by atoms with Gasteiger partial charge in [-0.2, -0.15) is 0 Å². The second-order valence-electron chi connectivity index (χ2n) is 7.79. The van der Waals surface area contributed by atoms with E-state index in [2.05, 4.69) is 29.1 Å². The maximum absolute atomic E-state index is 12.6. The zero-order valence-electron chi connectivity index (χ0n) is 17.4. The molecule has 1 N–H and O–H groups in total. The highest BCUT2D eigenvalue weighted by atomic mass is 127. The van der Waals surface area contributed by atoms with E-state index in [1.807, 2.05) is 29.2 Å². The SMILES string of the molecule is CCNC(=NCC1CCN(C)C1)N1CCN(C(=O)Cc2cccc(Cl)c2)CC1.I. The molecule has 1 aromatic carbocycles. The first-order valence-corrected chi connectivity index (χ1v) is 10.7. The molecule has 1 aromatic rings. The van der Waals surface area contributed by atoms with Crippen LogP contribution in [-0.4, -0.2) is 86.0 Å². The van der Waals surface area contributed by atoms with Crippen LogP contribution in [0.4, 0.5) is 0 Å². The highest BCUT2D eigenvalue weighted by molar-refractivity contribution is 14.0. The molecule has 2 heterocycles. The molecule has 2 saturated heterocycles. The topological polar surface area (TPSA) is 51.2 Å². The Labute approximate surface area is 196 Å². The van der Waals surface area contributed by atoms with Crippen LogP contribution in [0.3, 0.4) is 0 Å². The number of benzene rings is 1. The molecule has 8 heteroatoms. The van der Waals surface area contributed by atoms with Gasteiger partial charge in [0.05, 0.1) is 6.42 Å². The van der Waals surface area contributed by atoms with E-state index in [-0.39, 0.29) is 29.9 Å². The molecule has 3 rings (SSSR count). The number of nitrogens with zero attached hydrogens (tertiary/aromatic N) is 4. The summed E-state index contributed by atoms with van der Waals surface area (Å²) in [6.45, 7) is 9.24. The van der Waals surface area contributed by atoms with Crippen molar-refractivity contribution in [3.63, 3.8) is 0 Å². The Morgan fingerprint density at radius 1 is 1.21 bits per heavy atom. The van der Waals surface area contributed by atoms with Crippen LogP contribution in [0.5, 0.6) is 0 Å². The minimum atomic E-state index is 0. The van der Waals surface area contributed by atoms with E-state index in [4.69, 9.17) is 16.6 Å². The van der Waals surface area contributed by atoms with Crippen LogP contribution in [0, 0.1) is 5.92 Å². The summed E-state index contributed by atoms with van der Waals surface area (Å²) in [7, 11) is 2.18. The van der Waals surface area contributed by atoms with E-state index in [9.17, 15) is 4.79 Å². The Hall–Kier alpha value is -1.06. The van der Waals surface area contributed by atoms with Crippen molar-refractivity contribution in [2.75, 3.05) is 59.4 Å². The van der Waals surface area contributed by atoms with Gasteiger partial charge in [-0.3, -0.25) is 9.79 Å². The molecule has 0 bridgehead atoms. The molecular formula is C21H33ClIN5O. The van der Waals surface area contributed by atoms with Gasteiger partial charge in [0, 0.05) is 50.8 Å². The lowest BCUT2D eigenvalue weighted by Crippen LogP contribution is -2.54. The van der Waals surface area contributed by atoms with E-state index < -0.39 is 0 Å². The fourth-order valence-corrected chi connectivity index (χ4v) is 4.13. The van der Waals surface area contributed by atoms with Gasteiger partial charge >= 0.3 is 0 Å². The third-order valence-electron chi connectivity index (χ3n) is 5.50. The van der Waals surface area contributed by atoms with E-state index in [0.717, 1.165) is 57.3 Å². The summed E-state index contributed by atoms with van der Waals surface area (Å²) < 4.78 is 0. The molecule has 0 spiro atoms. The van der Waals surface area contributed by atoms with Gasteiger partial charge in [-0.1, -0.05) is 23.7 Å². The maximum Gasteiger partial charge on any atom is 0.227 e. The lowest BCUT2D eigenvalue weighted by atomic mass is 10.1. The maximum atomic E-state index is 12.6. The van der Waals surface area contributed by atoms with Crippen LogP contribution < -0.4 is 5.32 Å². The molecular weight excluding hydrogens is 501 g/mol. The zero-order valence-corrected chi connectivity index (χ0v) is 20.5. The average molecular weight is 534 g/mol. The Kier molecular flexibility index (Phi) is 9.98. The van der Waals surface area contributed by atoms with E-state index in [1.165, 1.54) is 13.0 Å². The van der Waals surface area contributed by atoms with Gasteiger partial charge in [0.25, 0.3) is 0 Å². The van der Waals surface area contributed by atoms with Crippen molar-refractivity contribution in [2.45, 2.75) is 19.8 Å². The molecule has 162 valence electrons. The molecule has 2 aliphatic heterocycles. The molecule has 0 radical (unpaired) electrons. The molecule has 1 amide bonds. The van der Waals surface area contributed by atoms with Gasteiger partial charge in [-0.05, 0) is 50.6 Å². The second kappa shape index (κ2) is 12.0. The standard InChI is InChI=1S/C21H32ClN5O.HI/c1-3-23-21(24-15-18-7-8-25(2)16-18)27-11-9-26(10-12-27)20(28)14-17-5-4-6-19(22)13-17;/h4-6,13,18H,3,7-12,14-16H2,1-2H3,(H,23,24);1H. The van der Waals surface area contributed by atoms with Crippen molar-refractivity contribution in [3.05, 3.63) is 34.9 Å². The number of hydrogen-bond donors (Lipinski definition) is 1. The Balaban J connectivity index is 0.00000300. The number of likely N-dealkylation sites (tertiary alicyclic amines) is 1. The summed E-state index contributed by atoms with van der Waals surface area (Å²) in [6.07, 6.45) is 1.63. The predicted molar refractivity (Wildman–Crippen MR) is 130 cm³/mol. The minimum absolute atomic E-state index is 0. The smallest absolute Gasteiger partial charge is 0.227 e. The van der Waals surface area contributed by atoms with Crippen LogP contribution in [0.1, 0.15) is 18.9 Å².